The Morgan fingerprint density at radius 1 is 1.33 bits per heavy atom. The maximum absolute atomic E-state index is 11.6. The molecule has 24 heavy (non-hydrogen) atoms. The largest absolute Gasteiger partial charge is 0.370 e. The van der Waals surface area contributed by atoms with Crippen LogP contribution in [0.4, 0.5) is 0 Å². The molecule has 2 saturated heterocycles. The topological polar surface area (TPSA) is 105 Å². The van der Waals surface area contributed by atoms with Gasteiger partial charge in [0.1, 0.15) is 0 Å². The van der Waals surface area contributed by atoms with Gasteiger partial charge in [-0.3, -0.25) is 9.79 Å². The van der Waals surface area contributed by atoms with E-state index in [4.69, 9.17) is 10.7 Å². The Kier molecular flexibility index (Phi) is 6.48. The lowest BCUT2D eigenvalue weighted by Gasteiger charge is -2.35. The van der Waals surface area contributed by atoms with E-state index in [1.807, 2.05) is 0 Å². The number of piperidine rings is 1. The zero-order valence-corrected chi connectivity index (χ0v) is 15.5. The van der Waals surface area contributed by atoms with Gasteiger partial charge in [0.2, 0.25) is 5.91 Å². The zero-order chi connectivity index (χ0) is 17.7. The first-order valence-corrected chi connectivity index (χ1v) is 10.6. The summed E-state index contributed by atoms with van der Waals surface area (Å²) < 4.78 is 23.2. The van der Waals surface area contributed by atoms with Crippen molar-refractivity contribution in [3.63, 3.8) is 0 Å². The summed E-state index contributed by atoms with van der Waals surface area (Å²) in [6.07, 6.45) is 3.13. The molecule has 2 aliphatic heterocycles. The number of aliphatic imine (C=N–C) groups is 1. The van der Waals surface area contributed by atoms with Gasteiger partial charge in [-0.15, -0.1) is 0 Å². The summed E-state index contributed by atoms with van der Waals surface area (Å²) in [4.78, 5) is 18.1. The fourth-order valence-corrected chi connectivity index (χ4v) is 5.28. The van der Waals surface area contributed by atoms with Crippen molar-refractivity contribution in [1.82, 2.24) is 10.2 Å². The van der Waals surface area contributed by atoms with Gasteiger partial charge in [-0.05, 0) is 44.9 Å². The molecule has 2 aliphatic rings. The highest BCUT2D eigenvalue weighted by atomic mass is 32.2. The van der Waals surface area contributed by atoms with Gasteiger partial charge in [0.25, 0.3) is 0 Å². The van der Waals surface area contributed by atoms with Crippen LogP contribution in [0.5, 0.6) is 0 Å². The zero-order valence-electron chi connectivity index (χ0n) is 14.7. The molecule has 0 aromatic rings. The standard InChI is InChI=1S/C16H30N4O3S/c1-12(2)19-16(18-9-14-5-7-24(22,23)11-14)20-6-3-4-13(10-20)8-15(17)21/h12-14H,3-11H2,1-2H3,(H2,17,21)(H,18,19). The number of hydrogen-bond acceptors (Lipinski definition) is 4. The van der Waals surface area contributed by atoms with E-state index in [9.17, 15) is 13.2 Å². The van der Waals surface area contributed by atoms with E-state index in [0.29, 0.717) is 19.4 Å². The molecule has 2 unspecified atom stereocenters. The normalized spacial score (nSPS) is 27.5. The number of sulfone groups is 1. The van der Waals surface area contributed by atoms with E-state index < -0.39 is 9.84 Å². The van der Waals surface area contributed by atoms with Crippen LogP contribution in [-0.4, -0.2) is 62.4 Å². The van der Waals surface area contributed by atoms with Crippen LogP contribution in [0.25, 0.3) is 0 Å². The summed E-state index contributed by atoms with van der Waals surface area (Å²) in [5, 5.41) is 3.38. The second-order valence-corrected chi connectivity index (χ2v) is 9.59. The molecule has 0 saturated carbocycles. The smallest absolute Gasteiger partial charge is 0.217 e. The van der Waals surface area contributed by atoms with Gasteiger partial charge in [0, 0.05) is 32.1 Å². The van der Waals surface area contributed by atoms with Crippen molar-refractivity contribution in [3.05, 3.63) is 0 Å². The van der Waals surface area contributed by atoms with Crippen molar-refractivity contribution in [1.29, 1.82) is 0 Å². The first-order chi connectivity index (χ1) is 11.2. The fourth-order valence-electron chi connectivity index (χ4n) is 3.44. The van der Waals surface area contributed by atoms with Crippen LogP contribution in [0.15, 0.2) is 4.99 Å². The number of carbonyl (C=O) groups excluding carboxylic acids is 1. The summed E-state index contributed by atoms with van der Waals surface area (Å²) in [6.45, 7) is 6.31. The highest BCUT2D eigenvalue weighted by Crippen LogP contribution is 2.21. The van der Waals surface area contributed by atoms with Crippen molar-refractivity contribution in [2.24, 2.45) is 22.6 Å². The van der Waals surface area contributed by atoms with Crippen LogP contribution in [0.2, 0.25) is 0 Å². The number of nitrogens with one attached hydrogen (secondary N) is 1. The quantitative estimate of drug-likeness (QED) is 0.545. The Hall–Kier alpha value is -1.31. The van der Waals surface area contributed by atoms with E-state index >= 15 is 0 Å². The molecule has 0 aliphatic carbocycles. The molecule has 1 amide bonds. The van der Waals surface area contributed by atoms with E-state index in [2.05, 4.69) is 24.1 Å². The van der Waals surface area contributed by atoms with Gasteiger partial charge in [-0.2, -0.15) is 0 Å². The van der Waals surface area contributed by atoms with E-state index in [0.717, 1.165) is 31.9 Å². The maximum atomic E-state index is 11.6. The molecule has 2 atom stereocenters. The molecule has 2 fully saturated rings. The number of hydrogen-bond donors (Lipinski definition) is 2. The SMILES string of the molecule is CC(C)NC(=NCC1CCS(=O)(=O)C1)N1CCCC(CC(N)=O)C1. The van der Waals surface area contributed by atoms with Gasteiger partial charge >= 0.3 is 0 Å². The third kappa shape index (κ3) is 5.96. The third-order valence-electron chi connectivity index (χ3n) is 4.55. The third-order valence-corrected chi connectivity index (χ3v) is 6.39. The highest BCUT2D eigenvalue weighted by Gasteiger charge is 2.28. The second kappa shape index (κ2) is 8.18. The average molecular weight is 359 g/mol. The number of guanidine groups is 1. The Balaban J connectivity index is 2.01. The summed E-state index contributed by atoms with van der Waals surface area (Å²) in [5.41, 5.74) is 5.33. The van der Waals surface area contributed by atoms with Gasteiger partial charge in [0.15, 0.2) is 15.8 Å². The summed E-state index contributed by atoms with van der Waals surface area (Å²) in [5.74, 6) is 1.48. The van der Waals surface area contributed by atoms with Crippen LogP contribution >= 0.6 is 0 Å². The predicted octanol–water partition coefficient (Wildman–Crippen LogP) is 0.363. The van der Waals surface area contributed by atoms with Crippen molar-refractivity contribution in [2.75, 3.05) is 31.1 Å². The minimum absolute atomic E-state index is 0.116. The molecule has 0 aromatic carbocycles. The van der Waals surface area contributed by atoms with E-state index in [1.54, 1.807) is 0 Å². The molecule has 0 spiro atoms. The van der Waals surface area contributed by atoms with Gasteiger partial charge in [-0.1, -0.05) is 0 Å². The van der Waals surface area contributed by atoms with E-state index in [1.165, 1.54) is 0 Å². The molecule has 2 rings (SSSR count). The number of amides is 1. The monoisotopic (exact) mass is 358 g/mol. The number of carbonyl (C=O) groups is 1. The Morgan fingerprint density at radius 3 is 2.67 bits per heavy atom. The summed E-state index contributed by atoms with van der Waals surface area (Å²) in [6, 6.07) is 0.243. The van der Waals surface area contributed by atoms with Crippen molar-refractivity contribution in [2.45, 2.75) is 45.6 Å². The van der Waals surface area contributed by atoms with Crippen molar-refractivity contribution in [3.8, 4) is 0 Å². The minimum atomic E-state index is -2.87. The van der Waals surface area contributed by atoms with Crippen LogP contribution < -0.4 is 11.1 Å². The predicted molar refractivity (Wildman–Crippen MR) is 95.4 cm³/mol. The number of nitrogens with zero attached hydrogens (tertiary/aromatic N) is 2. The van der Waals surface area contributed by atoms with Gasteiger partial charge in [0.05, 0.1) is 11.5 Å². The molecule has 3 N–H and O–H groups in total. The van der Waals surface area contributed by atoms with Crippen molar-refractivity contribution >= 4 is 21.7 Å². The Morgan fingerprint density at radius 2 is 2.08 bits per heavy atom. The van der Waals surface area contributed by atoms with Crippen LogP contribution in [0.3, 0.4) is 0 Å². The molecular formula is C16H30N4O3S. The first-order valence-electron chi connectivity index (χ1n) is 8.80. The Bertz CT molecular complexity index is 574. The molecule has 0 aromatic heterocycles. The number of nitrogens with two attached hydrogens (primary N) is 1. The first kappa shape index (κ1) is 19.0. The van der Waals surface area contributed by atoms with Crippen LogP contribution in [-0.2, 0) is 14.6 Å². The van der Waals surface area contributed by atoms with Gasteiger partial charge < -0.3 is 16.0 Å². The molecule has 0 bridgehead atoms. The molecule has 138 valence electrons. The summed E-state index contributed by atoms with van der Waals surface area (Å²) >= 11 is 0. The lowest BCUT2D eigenvalue weighted by molar-refractivity contribution is -0.119. The lowest BCUT2D eigenvalue weighted by Crippen LogP contribution is -2.49. The number of rotatable bonds is 5. The Labute approximate surface area is 145 Å². The summed E-state index contributed by atoms with van der Waals surface area (Å²) in [7, 11) is -2.87. The maximum Gasteiger partial charge on any atom is 0.217 e. The molecular weight excluding hydrogens is 328 g/mol. The van der Waals surface area contributed by atoms with Gasteiger partial charge in [-0.25, -0.2) is 8.42 Å². The number of primary amides is 1. The molecule has 8 heteroatoms. The molecule has 2 heterocycles. The van der Waals surface area contributed by atoms with E-state index in [-0.39, 0.29) is 35.3 Å². The minimum Gasteiger partial charge on any atom is -0.370 e. The average Bonchev–Trinajstić information content (AvgIpc) is 2.82. The highest BCUT2D eigenvalue weighted by molar-refractivity contribution is 7.91. The molecule has 7 nitrogen and oxygen atoms in total. The van der Waals surface area contributed by atoms with Crippen molar-refractivity contribution < 1.29 is 13.2 Å². The fraction of sp³-hybridized carbons (Fsp3) is 0.875. The number of likely N-dealkylation sites (tertiary alicyclic amines) is 1. The van der Waals surface area contributed by atoms with Crippen LogP contribution in [0, 0.1) is 11.8 Å². The second-order valence-electron chi connectivity index (χ2n) is 7.36. The van der Waals surface area contributed by atoms with Crippen LogP contribution in [0.1, 0.15) is 39.5 Å². The lowest BCUT2D eigenvalue weighted by atomic mass is 9.95. The molecule has 0 radical (unpaired) electrons.